The summed E-state index contributed by atoms with van der Waals surface area (Å²) in [5.41, 5.74) is -0.607. The Bertz CT molecular complexity index is 570. The zero-order chi connectivity index (χ0) is 19.1. The number of hydrogen-bond acceptors (Lipinski definition) is 6. The van der Waals surface area contributed by atoms with E-state index in [-0.39, 0.29) is 30.3 Å². The number of hydrogen-bond donors (Lipinski definition) is 0. The molecule has 0 N–H and O–H groups in total. The summed E-state index contributed by atoms with van der Waals surface area (Å²) < 4.78 is 25.5. The van der Waals surface area contributed by atoms with Crippen molar-refractivity contribution in [3.63, 3.8) is 0 Å². The van der Waals surface area contributed by atoms with Crippen molar-refractivity contribution in [2.75, 3.05) is 18.6 Å². The first-order valence-electron chi connectivity index (χ1n) is 8.94. The van der Waals surface area contributed by atoms with Crippen molar-refractivity contribution in [2.45, 2.75) is 76.1 Å². The molecule has 3 fully saturated rings. The van der Waals surface area contributed by atoms with Crippen LogP contribution in [-0.4, -0.2) is 71.4 Å². The summed E-state index contributed by atoms with van der Waals surface area (Å²) in [6, 6.07) is 0.0945. The lowest BCUT2D eigenvalue weighted by Gasteiger charge is -2.33. The normalized spacial score (nSPS) is 38.2. The zero-order valence-corrected chi connectivity index (χ0v) is 18.9. The maximum atomic E-state index is 13.2. The van der Waals surface area contributed by atoms with Gasteiger partial charge in [0.15, 0.2) is 11.9 Å². The van der Waals surface area contributed by atoms with E-state index >= 15 is 0 Å². The van der Waals surface area contributed by atoms with Gasteiger partial charge in [-0.2, -0.15) is 11.8 Å². The predicted molar refractivity (Wildman–Crippen MR) is 109 cm³/mol. The van der Waals surface area contributed by atoms with Crippen molar-refractivity contribution < 1.29 is 23.7 Å². The Morgan fingerprint density at radius 3 is 2.65 bits per heavy atom. The Kier molecular flexibility index (Phi) is 6.31. The van der Waals surface area contributed by atoms with Crippen molar-refractivity contribution in [1.29, 1.82) is 0 Å². The summed E-state index contributed by atoms with van der Waals surface area (Å²) >= 11 is 3.94. The third kappa shape index (κ3) is 4.25. The fraction of sp³-hybridized carbons (Fsp3) is 0.833. The number of ether oxygens (including phenoxy) is 4. The Morgan fingerprint density at radius 2 is 2.00 bits per heavy atom. The molecule has 0 saturated carbocycles. The van der Waals surface area contributed by atoms with Crippen LogP contribution >= 0.6 is 34.4 Å². The maximum Gasteiger partial charge on any atom is 0.257 e. The monoisotopic (exact) mass is 497 g/mol. The number of thioether (sulfide) groups is 1. The van der Waals surface area contributed by atoms with E-state index in [9.17, 15) is 4.79 Å². The molecule has 3 saturated heterocycles. The summed E-state index contributed by atoms with van der Waals surface area (Å²) in [5, 5.41) is 0. The second-order valence-corrected chi connectivity index (χ2v) is 9.51. The van der Waals surface area contributed by atoms with Crippen LogP contribution in [-0.2, 0) is 23.7 Å². The van der Waals surface area contributed by atoms with E-state index in [0.29, 0.717) is 6.61 Å². The molecule has 26 heavy (non-hydrogen) atoms. The lowest BCUT2D eigenvalue weighted by molar-refractivity contribution is -0.148. The van der Waals surface area contributed by atoms with Crippen LogP contribution in [0.1, 0.15) is 34.1 Å². The molecule has 0 aromatic rings. The summed E-state index contributed by atoms with van der Waals surface area (Å²) in [7, 11) is 0. The highest BCUT2D eigenvalue weighted by molar-refractivity contribution is 14.1. The number of halogens is 1. The minimum Gasteiger partial charge on any atom is -0.356 e. The second-order valence-electron chi connectivity index (χ2n) is 7.81. The maximum absolute atomic E-state index is 13.2. The number of carbonyl (C=O) groups is 1. The predicted octanol–water partition coefficient (Wildman–Crippen LogP) is 2.94. The van der Waals surface area contributed by atoms with Gasteiger partial charge in [0, 0.05) is 0 Å². The smallest absolute Gasteiger partial charge is 0.257 e. The van der Waals surface area contributed by atoms with Gasteiger partial charge in [-0.15, -0.1) is 0 Å². The molecule has 3 heterocycles. The molecule has 8 heteroatoms. The first-order valence-corrected chi connectivity index (χ1v) is 11.6. The largest absolute Gasteiger partial charge is 0.356 e. The Hall–Kier alpha value is 0.130. The molecule has 0 aromatic carbocycles. The van der Waals surface area contributed by atoms with Gasteiger partial charge in [-0.05, 0) is 56.3 Å². The quantitative estimate of drug-likeness (QED) is 0.416. The molecule has 3 aliphatic rings. The van der Waals surface area contributed by atoms with E-state index in [0.717, 1.165) is 12.2 Å². The first kappa shape index (κ1) is 20.9. The van der Waals surface area contributed by atoms with Crippen LogP contribution in [0.2, 0.25) is 0 Å². The fourth-order valence-corrected chi connectivity index (χ4v) is 4.71. The van der Waals surface area contributed by atoms with Gasteiger partial charge in [0.2, 0.25) is 0 Å². The molecular weight excluding hydrogens is 469 g/mol. The summed E-state index contributed by atoms with van der Waals surface area (Å²) in [5.74, 6) is 0.315. The molecule has 0 aromatic heterocycles. The third-order valence-corrected chi connectivity index (χ3v) is 6.04. The van der Waals surface area contributed by atoms with Crippen LogP contribution in [0.3, 0.4) is 0 Å². The summed E-state index contributed by atoms with van der Waals surface area (Å²) in [4.78, 5) is 15.1. The van der Waals surface area contributed by atoms with Gasteiger partial charge >= 0.3 is 0 Å². The van der Waals surface area contributed by atoms with E-state index < -0.39 is 17.6 Å². The molecule has 0 aliphatic carbocycles. The molecule has 148 valence electrons. The topological polar surface area (TPSA) is 60.5 Å². The molecule has 0 spiro atoms. The van der Waals surface area contributed by atoms with Crippen molar-refractivity contribution in [1.82, 2.24) is 4.90 Å². The van der Waals surface area contributed by atoms with Gasteiger partial charge in [0.25, 0.3) is 5.91 Å². The SMILES string of the molecule is CSCC[C@H]1COC(C)(C)N1C(=O)[C@H]1O[C@@H]1[C@H]1OC(C)(C)O[C@@H]1/C=C/I. The average molecular weight is 497 g/mol. The molecule has 6 nitrogen and oxygen atoms in total. The van der Waals surface area contributed by atoms with E-state index in [1.54, 1.807) is 11.8 Å². The number of nitrogens with zero attached hydrogens (tertiary/aromatic N) is 1. The molecule has 0 unspecified atom stereocenters. The van der Waals surface area contributed by atoms with E-state index in [4.69, 9.17) is 18.9 Å². The van der Waals surface area contributed by atoms with Gasteiger partial charge in [0.1, 0.15) is 24.0 Å². The van der Waals surface area contributed by atoms with Crippen molar-refractivity contribution in [2.24, 2.45) is 0 Å². The van der Waals surface area contributed by atoms with Crippen LogP contribution in [0.4, 0.5) is 0 Å². The van der Waals surface area contributed by atoms with Crippen molar-refractivity contribution >= 4 is 40.3 Å². The van der Waals surface area contributed by atoms with Crippen LogP contribution in [0.15, 0.2) is 10.2 Å². The van der Waals surface area contributed by atoms with Crippen LogP contribution in [0, 0.1) is 0 Å². The van der Waals surface area contributed by atoms with Crippen LogP contribution < -0.4 is 0 Å². The number of amides is 1. The molecule has 3 aliphatic heterocycles. The van der Waals surface area contributed by atoms with E-state index in [2.05, 4.69) is 28.8 Å². The second kappa shape index (κ2) is 7.87. The molecular formula is C18H28INO5S. The van der Waals surface area contributed by atoms with Crippen molar-refractivity contribution in [3.8, 4) is 0 Å². The lowest BCUT2D eigenvalue weighted by atomic mass is 10.1. The van der Waals surface area contributed by atoms with Gasteiger partial charge in [-0.3, -0.25) is 4.79 Å². The van der Waals surface area contributed by atoms with Gasteiger partial charge in [-0.25, -0.2) is 0 Å². The Morgan fingerprint density at radius 1 is 1.27 bits per heavy atom. The lowest BCUT2D eigenvalue weighted by Crippen LogP contribution is -2.50. The first-order chi connectivity index (χ1) is 12.2. The molecule has 0 radical (unpaired) electrons. The third-order valence-electron chi connectivity index (χ3n) is 4.99. The average Bonchev–Trinajstić information content (AvgIpc) is 3.20. The number of rotatable bonds is 6. The molecule has 5 atom stereocenters. The van der Waals surface area contributed by atoms with Crippen LogP contribution in [0.25, 0.3) is 0 Å². The molecule has 0 bridgehead atoms. The highest BCUT2D eigenvalue weighted by atomic mass is 127. The molecule has 3 rings (SSSR count). The highest BCUT2D eigenvalue weighted by Crippen LogP contribution is 2.41. The van der Waals surface area contributed by atoms with Crippen molar-refractivity contribution in [3.05, 3.63) is 10.2 Å². The minimum atomic E-state index is -0.679. The van der Waals surface area contributed by atoms with Gasteiger partial charge < -0.3 is 23.8 Å². The van der Waals surface area contributed by atoms with Gasteiger partial charge in [-0.1, -0.05) is 22.6 Å². The molecule has 1 amide bonds. The van der Waals surface area contributed by atoms with E-state index in [1.807, 2.05) is 42.8 Å². The van der Waals surface area contributed by atoms with Gasteiger partial charge in [0.05, 0.1) is 12.6 Å². The number of epoxide rings is 1. The van der Waals surface area contributed by atoms with Crippen LogP contribution in [0.5, 0.6) is 0 Å². The fourth-order valence-electron chi connectivity index (χ4n) is 3.80. The number of carbonyl (C=O) groups excluding carboxylic acids is 1. The zero-order valence-electron chi connectivity index (χ0n) is 15.9. The minimum absolute atomic E-state index is 0.00545. The summed E-state index contributed by atoms with van der Waals surface area (Å²) in [6.07, 6.45) is 3.70. The summed E-state index contributed by atoms with van der Waals surface area (Å²) in [6.45, 7) is 8.24. The Balaban J connectivity index is 1.69. The van der Waals surface area contributed by atoms with E-state index in [1.165, 1.54) is 0 Å². The standard InChI is InChI=1S/C18H28INO5S/c1-17(2)20(11(10-22-17)7-9-26-5)16(21)15-14(23-15)13-12(6-8-19)24-18(3,4)25-13/h6,8,11-15H,7,9-10H2,1-5H3/b8-6+/t11-,12+,13-,14+,15-/m0/s1. The Labute approximate surface area is 173 Å². The highest BCUT2D eigenvalue weighted by Gasteiger charge is 2.60.